The molecule has 0 unspecified atom stereocenters. The Morgan fingerprint density at radius 1 is 1.29 bits per heavy atom. The van der Waals surface area contributed by atoms with E-state index in [2.05, 4.69) is 15.4 Å². The van der Waals surface area contributed by atoms with Crippen molar-refractivity contribution in [1.82, 2.24) is 3.86 Å². The molecule has 0 radical (unpaired) electrons. The van der Waals surface area contributed by atoms with Gasteiger partial charge in [-0.15, -0.1) is 0 Å². The van der Waals surface area contributed by atoms with Gasteiger partial charge < -0.3 is 0 Å². The van der Waals surface area contributed by atoms with Gasteiger partial charge in [-0.25, -0.2) is 0 Å². The molecule has 0 atom stereocenters. The quantitative estimate of drug-likeness (QED) is 0.555. The molecule has 0 rings (SSSR count). The molecule has 0 fully saturated rings. The molecule has 0 aliphatic heterocycles. The summed E-state index contributed by atoms with van der Waals surface area (Å²) < 4.78 is 2.14. The van der Waals surface area contributed by atoms with E-state index in [0.717, 1.165) is 0 Å². The first-order valence-electron chi connectivity index (χ1n) is 2.31. The molecule has 0 heterocycles. The fourth-order valence-electron chi connectivity index (χ4n) is 0. The molecular formula is C4H12ClGeN. The van der Waals surface area contributed by atoms with Crippen molar-refractivity contribution in [2.24, 2.45) is 0 Å². The molecule has 0 aromatic rings. The molecular weight excluding hydrogens is 170 g/mol. The number of hydrogen-bond acceptors (Lipinski definition) is 1. The molecule has 0 N–H and O–H groups in total. The molecule has 0 saturated heterocycles. The van der Waals surface area contributed by atoms with Crippen molar-refractivity contribution in [3.8, 4) is 0 Å². The van der Waals surface area contributed by atoms with Crippen molar-refractivity contribution in [3.63, 3.8) is 0 Å². The van der Waals surface area contributed by atoms with Crippen LogP contribution in [-0.4, -0.2) is 30.5 Å². The first kappa shape index (κ1) is 7.79. The molecule has 0 aromatic heterocycles. The van der Waals surface area contributed by atoms with E-state index in [1.54, 1.807) is 0 Å². The zero-order valence-corrected chi connectivity index (χ0v) is 8.18. The first-order chi connectivity index (χ1) is 2.94. The third-order valence-corrected chi connectivity index (χ3v) is 7.28. The predicted molar refractivity (Wildman–Crippen MR) is 37.0 cm³/mol. The van der Waals surface area contributed by atoms with Gasteiger partial charge in [0.05, 0.1) is 0 Å². The van der Waals surface area contributed by atoms with Crippen LogP contribution in [0.3, 0.4) is 0 Å². The third-order valence-electron chi connectivity index (χ3n) is 1.06. The second-order valence-electron chi connectivity index (χ2n) is 2.30. The molecule has 0 bridgehead atoms. The van der Waals surface area contributed by atoms with Crippen molar-refractivity contribution in [3.05, 3.63) is 0 Å². The van der Waals surface area contributed by atoms with E-state index in [9.17, 15) is 0 Å². The summed E-state index contributed by atoms with van der Waals surface area (Å²) in [5.41, 5.74) is 0. The summed E-state index contributed by atoms with van der Waals surface area (Å²) in [7, 11) is 10.1. The predicted octanol–water partition coefficient (Wildman–Crippen LogP) is 1.49. The Kier molecular flexibility index (Phi) is 2.65. The van der Waals surface area contributed by atoms with Gasteiger partial charge in [0.25, 0.3) is 0 Å². The average Bonchev–Trinajstić information content (AvgIpc) is 1.31. The van der Waals surface area contributed by atoms with E-state index in [-0.39, 0.29) is 0 Å². The number of hydrogen-bond donors (Lipinski definition) is 0. The van der Waals surface area contributed by atoms with Gasteiger partial charge in [-0.05, 0) is 0 Å². The SMILES string of the molecule is C[N](C)[Ge]([CH3])([CH3])[Cl]. The first-order valence-corrected chi connectivity index (χ1v) is 10.2. The van der Waals surface area contributed by atoms with Gasteiger partial charge >= 0.3 is 52.0 Å². The van der Waals surface area contributed by atoms with Crippen LogP contribution in [0.1, 0.15) is 0 Å². The van der Waals surface area contributed by atoms with Crippen molar-refractivity contribution < 1.29 is 0 Å². The maximum atomic E-state index is 5.98. The van der Waals surface area contributed by atoms with E-state index < -0.39 is 12.6 Å². The van der Waals surface area contributed by atoms with Crippen molar-refractivity contribution in [2.75, 3.05) is 14.1 Å². The van der Waals surface area contributed by atoms with Crippen LogP contribution >= 0.6 is 10.0 Å². The monoisotopic (exact) mass is 183 g/mol. The molecule has 44 valence electrons. The Morgan fingerprint density at radius 3 is 1.43 bits per heavy atom. The molecule has 0 saturated carbocycles. The van der Waals surface area contributed by atoms with E-state index in [1.807, 2.05) is 14.1 Å². The average molecular weight is 182 g/mol. The van der Waals surface area contributed by atoms with Gasteiger partial charge in [0.2, 0.25) is 0 Å². The van der Waals surface area contributed by atoms with Gasteiger partial charge in [-0.1, -0.05) is 0 Å². The van der Waals surface area contributed by atoms with Gasteiger partial charge in [0.1, 0.15) is 0 Å². The van der Waals surface area contributed by atoms with E-state index in [1.165, 1.54) is 0 Å². The fourth-order valence-corrected chi connectivity index (χ4v) is 0. The minimum atomic E-state index is -1.86. The Hall–Kier alpha value is 0.793. The summed E-state index contributed by atoms with van der Waals surface area (Å²) in [5.74, 6) is 4.28. The maximum absolute atomic E-state index is 5.98. The van der Waals surface area contributed by atoms with Crippen LogP contribution in [0, 0.1) is 0 Å². The molecule has 3 heteroatoms. The van der Waals surface area contributed by atoms with Crippen molar-refractivity contribution in [1.29, 1.82) is 0 Å². The van der Waals surface area contributed by atoms with Crippen molar-refractivity contribution in [2.45, 2.75) is 11.5 Å². The van der Waals surface area contributed by atoms with E-state index in [4.69, 9.17) is 10.0 Å². The van der Waals surface area contributed by atoms with Crippen LogP contribution < -0.4 is 0 Å². The Morgan fingerprint density at radius 2 is 1.43 bits per heavy atom. The van der Waals surface area contributed by atoms with Gasteiger partial charge in [-0.3, -0.25) is 0 Å². The van der Waals surface area contributed by atoms with Crippen LogP contribution in [-0.2, 0) is 0 Å². The van der Waals surface area contributed by atoms with Gasteiger partial charge in [0, 0.05) is 0 Å². The second-order valence-corrected chi connectivity index (χ2v) is 14.9. The molecule has 0 aliphatic rings. The standard InChI is InChI=1S/C4H12ClGeN/c1-6(2,5)7(3)4/h1-4H3. The third kappa shape index (κ3) is 3.38. The Bertz CT molecular complexity index is 57.2. The van der Waals surface area contributed by atoms with Crippen LogP contribution in [0.2, 0.25) is 11.5 Å². The summed E-state index contributed by atoms with van der Waals surface area (Å²) >= 11 is -1.86. The summed E-state index contributed by atoms with van der Waals surface area (Å²) in [6.45, 7) is 0. The molecule has 0 aliphatic carbocycles. The normalized spacial score (nSPS) is 12.9. The van der Waals surface area contributed by atoms with E-state index in [0.29, 0.717) is 0 Å². The number of nitrogens with zero attached hydrogens (tertiary/aromatic N) is 1. The molecule has 7 heavy (non-hydrogen) atoms. The molecule has 0 spiro atoms. The topological polar surface area (TPSA) is 3.24 Å². The van der Waals surface area contributed by atoms with E-state index >= 15 is 0 Å². The summed E-state index contributed by atoms with van der Waals surface area (Å²) in [6, 6.07) is 0. The van der Waals surface area contributed by atoms with Gasteiger partial charge in [-0.2, -0.15) is 0 Å². The number of halogens is 1. The van der Waals surface area contributed by atoms with Crippen LogP contribution in [0.4, 0.5) is 0 Å². The zero-order valence-electron chi connectivity index (χ0n) is 5.33. The fraction of sp³-hybridized carbons (Fsp3) is 1.00. The van der Waals surface area contributed by atoms with Gasteiger partial charge in [0.15, 0.2) is 0 Å². The molecule has 0 aromatic carbocycles. The van der Waals surface area contributed by atoms with Crippen LogP contribution in [0.5, 0.6) is 0 Å². The van der Waals surface area contributed by atoms with Crippen molar-refractivity contribution >= 4 is 22.6 Å². The summed E-state index contributed by atoms with van der Waals surface area (Å²) in [4.78, 5) is 0. The van der Waals surface area contributed by atoms with Crippen LogP contribution in [0.25, 0.3) is 0 Å². The second kappa shape index (κ2) is 2.38. The Labute approximate surface area is 52.4 Å². The summed E-state index contributed by atoms with van der Waals surface area (Å²) in [6.07, 6.45) is 0. The number of rotatable bonds is 1. The Balaban J connectivity index is 3.54. The molecule has 0 amide bonds. The van der Waals surface area contributed by atoms with Crippen LogP contribution in [0.15, 0.2) is 0 Å². The zero-order chi connectivity index (χ0) is 6.08. The minimum absolute atomic E-state index is 1.86. The summed E-state index contributed by atoms with van der Waals surface area (Å²) in [5, 5.41) is 0. The molecule has 1 nitrogen and oxygen atoms in total.